The Morgan fingerprint density at radius 2 is 2.36 bits per heavy atom. The van der Waals surface area contributed by atoms with Crippen molar-refractivity contribution < 1.29 is 15.0 Å². The van der Waals surface area contributed by atoms with Crippen molar-refractivity contribution >= 4 is 5.78 Å². The van der Waals surface area contributed by atoms with Gasteiger partial charge in [-0.25, -0.2) is 0 Å². The third kappa shape index (κ3) is 1.43. The number of carbonyl (C=O) groups excluding carboxylic acids is 1. The lowest BCUT2D eigenvalue weighted by Gasteiger charge is -2.28. The zero-order chi connectivity index (χ0) is 8.48. The maximum absolute atomic E-state index is 10.8. The quantitative estimate of drug-likeness (QED) is 0.590. The number of carbonyl (C=O) groups is 1. The predicted molar refractivity (Wildman–Crippen MR) is 40.1 cm³/mol. The maximum atomic E-state index is 10.8. The Balaban J connectivity index is 2.87. The van der Waals surface area contributed by atoms with Gasteiger partial charge in [0.1, 0.15) is 5.76 Å². The number of rotatable bonds is 1. The molecule has 62 valence electrons. The number of aliphatic hydroxyl groups excluding tert-OH is 2. The van der Waals surface area contributed by atoms with E-state index >= 15 is 0 Å². The molecule has 1 rings (SSSR count). The predicted octanol–water partition coefficient (Wildman–Crippen LogP) is 0.790. The van der Waals surface area contributed by atoms with Gasteiger partial charge in [-0.2, -0.15) is 0 Å². The first-order valence-electron chi connectivity index (χ1n) is 3.63. The molecular weight excluding hydrogens is 144 g/mol. The van der Waals surface area contributed by atoms with Gasteiger partial charge in [0, 0.05) is 17.9 Å². The molecule has 0 saturated heterocycles. The average molecular weight is 156 g/mol. The van der Waals surface area contributed by atoms with Crippen LogP contribution in [-0.2, 0) is 4.79 Å². The van der Waals surface area contributed by atoms with Crippen molar-refractivity contribution in [2.24, 2.45) is 5.41 Å². The standard InChI is InChI=1S/C8H12O3/c1-8(5-9)3-2-6(10)4-7(8)11/h4,9,11H,2-3,5H2,1H3/t8-/m0/s1. The summed E-state index contributed by atoms with van der Waals surface area (Å²) < 4.78 is 0. The maximum Gasteiger partial charge on any atom is 0.159 e. The van der Waals surface area contributed by atoms with Crippen LogP contribution in [-0.4, -0.2) is 22.6 Å². The fourth-order valence-electron chi connectivity index (χ4n) is 1.09. The van der Waals surface area contributed by atoms with Crippen LogP contribution in [0.2, 0.25) is 0 Å². The first-order valence-corrected chi connectivity index (χ1v) is 3.63. The Morgan fingerprint density at radius 1 is 1.73 bits per heavy atom. The smallest absolute Gasteiger partial charge is 0.159 e. The van der Waals surface area contributed by atoms with Gasteiger partial charge in [0.25, 0.3) is 0 Å². The van der Waals surface area contributed by atoms with Gasteiger partial charge >= 0.3 is 0 Å². The Kier molecular flexibility index (Phi) is 2.00. The molecule has 1 atom stereocenters. The number of ketones is 1. The normalized spacial score (nSPS) is 31.8. The first kappa shape index (κ1) is 8.27. The van der Waals surface area contributed by atoms with E-state index < -0.39 is 5.41 Å². The second-order valence-electron chi connectivity index (χ2n) is 3.21. The lowest BCUT2D eigenvalue weighted by molar-refractivity contribution is -0.116. The highest BCUT2D eigenvalue weighted by atomic mass is 16.3. The lowest BCUT2D eigenvalue weighted by Crippen LogP contribution is -2.28. The van der Waals surface area contributed by atoms with Crippen LogP contribution < -0.4 is 0 Å². The zero-order valence-electron chi connectivity index (χ0n) is 6.50. The van der Waals surface area contributed by atoms with E-state index in [0.29, 0.717) is 12.8 Å². The summed E-state index contributed by atoms with van der Waals surface area (Å²) in [5.41, 5.74) is -0.589. The molecule has 0 radical (unpaired) electrons. The summed E-state index contributed by atoms with van der Waals surface area (Å²) in [6.45, 7) is 1.63. The second-order valence-corrected chi connectivity index (χ2v) is 3.21. The van der Waals surface area contributed by atoms with Gasteiger partial charge in [-0.15, -0.1) is 0 Å². The molecule has 0 spiro atoms. The van der Waals surface area contributed by atoms with Gasteiger partial charge in [0.2, 0.25) is 0 Å². The van der Waals surface area contributed by atoms with E-state index in [4.69, 9.17) is 5.11 Å². The molecule has 2 N–H and O–H groups in total. The monoisotopic (exact) mass is 156 g/mol. The number of hydrogen-bond donors (Lipinski definition) is 2. The summed E-state index contributed by atoms with van der Waals surface area (Å²) in [5, 5.41) is 18.2. The molecule has 0 bridgehead atoms. The molecule has 0 aliphatic heterocycles. The minimum Gasteiger partial charge on any atom is -0.512 e. The molecule has 0 fully saturated rings. The molecule has 0 aromatic rings. The van der Waals surface area contributed by atoms with Crippen LogP contribution in [0.5, 0.6) is 0 Å². The van der Waals surface area contributed by atoms with Gasteiger partial charge < -0.3 is 10.2 Å². The molecule has 0 saturated carbocycles. The van der Waals surface area contributed by atoms with Crippen molar-refractivity contribution in [1.29, 1.82) is 0 Å². The lowest BCUT2D eigenvalue weighted by atomic mass is 9.79. The van der Waals surface area contributed by atoms with Crippen molar-refractivity contribution in [1.82, 2.24) is 0 Å². The fourth-order valence-corrected chi connectivity index (χ4v) is 1.09. The van der Waals surface area contributed by atoms with Crippen molar-refractivity contribution in [2.45, 2.75) is 19.8 Å². The van der Waals surface area contributed by atoms with E-state index in [2.05, 4.69) is 0 Å². The summed E-state index contributed by atoms with van der Waals surface area (Å²) in [6.07, 6.45) is 2.16. The summed E-state index contributed by atoms with van der Waals surface area (Å²) in [7, 11) is 0. The van der Waals surface area contributed by atoms with Crippen molar-refractivity contribution in [3.05, 3.63) is 11.8 Å². The van der Waals surface area contributed by atoms with Crippen molar-refractivity contribution in [3.8, 4) is 0 Å². The Morgan fingerprint density at radius 3 is 2.82 bits per heavy atom. The number of hydrogen-bond acceptors (Lipinski definition) is 3. The van der Waals surface area contributed by atoms with Crippen LogP contribution >= 0.6 is 0 Å². The van der Waals surface area contributed by atoms with Gasteiger partial charge in [0.15, 0.2) is 5.78 Å². The van der Waals surface area contributed by atoms with E-state index in [-0.39, 0.29) is 18.1 Å². The third-order valence-electron chi connectivity index (χ3n) is 2.19. The third-order valence-corrected chi connectivity index (χ3v) is 2.19. The highest BCUT2D eigenvalue weighted by Crippen LogP contribution is 2.33. The summed E-state index contributed by atoms with van der Waals surface area (Å²) in [6, 6.07) is 0. The van der Waals surface area contributed by atoms with Gasteiger partial charge in [-0.3, -0.25) is 4.79 Å². The molecule has 0 amide bonds. The molecule has 0 aromatic carbocycles. The van der Waals surface area contributed by atoms with Gasteiger partial charge in [-0.05, 0) is 6.42 Å². The fraction of sp³-hybridized carbons (Fsp3) is 0.625. The summed E-state index contributed by atoms with van der Waals surface area (Å²) in [4.78, 5) is 10.8. The first-order chi connectivity index (χ1) is 5.08. The molecular formula is C8H12O3. The Labute approximate surface area is 65.3 Å². The van der Waals surface area contributed by atoms with E-state index in [1.807, 2.05) is 0 Å². The molecule has 11 heavy (non-hydrogen) atoms. The topological polar surface area (TPSA) is 57.5 Å². The Hall–Kier alpha value is -0.830. The van der Waals surface area contributed by atoms with Crippen LogP contribution in [0.3, 0.4) is 0 Å². The minimum absolute atomic E-state index is 0.0104. The van der Waals surface area contributed by atoms with Crippen molar-refractivity contribution in [2.75, 3.05) is 6.61 Å². The van der Waals surface area contributed by atoms with Gasteiger partial charge in [0.05, 0.1) is 6.61 Å². The van der Waals surface area contributed by atoms with E-state index in [1.165, 1.54) is 6.08 Å². The van der Waals surface area contributed by atoms with Gasteiger partial charge in [-0.1, -0.05) is 6.92 Å². The van der Waals surface area contributed by atoms with Crippen LogP contribution in [0.25, 0.3) is 0 Å². The molecule has 3 nitrogen and oxygen atoms in total. The highest BCUT2D eigenvalue weighted by molar-refractivity contribution is 5.91. The van der Waals surface area contributed by atoms with E-state index in [9.17, 15) is 9.90 Å². The van der Waals surface area contributed by atoms with Crippen molar-refractivity contribution in [3.63, 3.8) is 0 Å². The molecule has 0 unspecified atom stereocenters. The highest BCUT2D eigenvalue weighted by Gasteiger charge is 2.32. The molecule has 0 heterocycles. The summed E-state index contributed by atoms with van der Waals surface area (Å²) in [5.74, 6) is -0.0512. The second kappa shape index (κ2) is 2.66. The molecule has 0 aromatic heterocycles. The largest absolute Gasteiger partial charge is 0.512 e. The van der Waals surface area contributed by atoms with Crippen LogP contribution in [0, 0.1) is 5.41 Å². The van der Waals surface area contributed by atoms with Crippen LogP contribution in [0.1, 0.15) is 19.8 Å². The minimum atomic E-state index is -0.589. The Bertz CT molecular complexity index is 207. The summed E-state index contributed by atoms with van der Waals surface area (Å²) >= 11 is 0. The number of allylic oxidation sites excluding steroid dienone is 1. The van der Waals surface area contributed by atoms with E-state index in [0.717, 1.165) is 0 Å². The average Bonchev–Trinajstić information content (AvgIpc) is 1.98. The molecule has 1 aliphatic rings. The number of aliphatic hydroxyl groups is 2. The van der Waals surface area contributed by atoms with E-state index in [1.54, 1.807) is 6.92 Å². The molecule has 3 heteroatoms. The van der Waals surface area contributed by atoms with Crippen LogP contribution in [0.4, 0.5) is 0 Å². The van der Waals surface area contributed by atoms with Crippen LogP contribution in [0.15, 0.2) is 11.8 Å². The SMILES string of the molecule is C[C@@]1(CO)CCC(=O)C=C1O. The zero-order valence-corrected chi connectivity index (χ0v) is 6.50. The molecule has 1 aliphatic carbocycles.